The van der Waals surface area contributed by atoms with Crippen molar-refractivity contribution in [3.63, 3.8) is 0 Å². The van der Waals surface area contributed by atoms with Gasteiger partial charge in [0, 0.05) is 17.8 Å². The minimum absolute atomic E-state index is 0. The number of hydrogen-bond donors (Lipinski definition) is 1. The van der Waals surface area contributed by atoms with Gasteiger partial charge in [0.2, 0.25) is 0 Å². The summed E-state index contributed by atoms with van der Waals surface area (Å²) in [7, 11) is 0. The lowest BCUT2D eigenvalue weighted by Gasteiger charge is -2.17. The number of nitrogens with one attached hydrogen (secondary N) is 1. The predicted octanol–water partition coefficient (Wildman–Crippen LogP) is 8.24. The monoisotopic (exact) mass is 415 g/mol. The Hall–Kier alpha value is -0.730. The lowest BCUT2D eigenvalue weighted by atomic mass is 9.89. The van der Waals surface area contributed by atoms with Gasteiger partial charge in [0.25, 0.3) is 5.24 Å². The smallest absolute Gasteiger partial charge is 0.252 e. The molecular formula is C23H39Cl2NO. The zero-order chi connectivity index (χ0) is 19.3. The molecule has 1 aromatic rings. The Balaban J connectivity index is 0.00000676. The Morgan fingerprint density at radius 3 is 1.70 bits per heavy atom. The maximum atomic E-state index is 11.0. The van der Waals surface area contributed by atoms with Crippen LogP contribution in [-0.4, -0.2) is 11.8 Å². The fourth-order valence-corrected chi connectivity index (χ4v) is 3.27. The number of hydrogen-bond acceptors (Lipinski definition) is 2. The molecule has 156 valence electrons. The molecule has 0 aliphatic heterocycles. The van der Waals surface area contributed by atoms with Crippen molar-refractivity contribution in [3.05, 3.63) is 29.8 Å². The van der Waals surface area contributed by atoms with Crippen LogP contribution >= 0.6 is 24.0 Å². The molecule has 0 atom stereocenters. The van der Waals surface area contributed by atoms with Crippen molar-refractivity contribution in [2.45, 2.75) is 91.4 Å². The van der Waals surface area contributed by atoms with E-state index in [4.69, 9.17) is 11.6 Å². The van der Waals surface area contributed by atoms with Crippen LogP contribution in [0.4, 0.5) is 5.69 Å². The van der Waals surface area contributed by atoms with Gasteiger partial charge in [-0.15, -0.1) is 12.4 Å². The van der Waals surface area contributed by atoms with Gasteiger partial charge >= 0.3 is 0 Å². The average Bonchev–Trinajstić information content (AvgIpc) is 2.58. The van der Waals surface area contributed by atoms with Gasteiger partial charge in [-0.25, -0.2) is 0 Å². The van der Waals surface area contributed by atoms with Crippen molar-refractivity contribution in [1.29, 1.82) is 0 Å². The molecule has 2 nitrogen and oxygen atoms in total. The molecule has 1 rings (SSSR count). The summed E-state index contributed by atoms with van der Waals surface area (Å²) in [6, 6.07) is 7.36. The highest BCUT2D eigenvalue weighted by Gasteiger charge is 2.08. The molecule has 0 spiro atoms. The topological polar surface area (TPSA) is 29.1 Å². The molecule has 1 N–H and O–H groups in total. The first-order valence-corrected chi connectivity index (χ1v) is 10.8. The molecular weight excluding hydrogens is 377 g/mol. The molecule has 0 amide bonds. The van der Waals surface area contributed by atoms with Gasteiger partial charge in [-0.1, -0.05) is 78.6 Å². The number of carbonyl (C=O) groups is 1. The molecule has 1 aromatic carbocycles. The van der Waals surface area contributed by atoms with Crippen molar-refractivity contribution in [2.24, 2.45) is 5.41 Å². The van der Waals surface area contributed by atoms with E-state index >= 15 is 0 Å². The number of halogens is 2. The Bertz CT molecular complexity index is 494. The van der Waals surface area contributed by atoms with E-state index in [1.165, 1.54) is 70.6 Å². The number of unbranched alkanes of at least 4 members (excludes halogenated alkanes) is 9. The van der Waals surface area contributed by atoms with Gasteiger partial charge in [0.05, 0.1) is 0 Å². The third kappa shape index (κ3) is 14.9. The van der Waals surface area contributed by atoms with Crippen LogP contribution in [-0.2, 0) is 0 Å². The number of carbonyl (C=O) groups excluding carboxylic acids is 1. The molecule has 0 aliphatic rings. The minimum Gasteiger partial charge on any atom is -0.385 e. The zero-order valence-electron chi connectivity index (χ0n) is 17.5. The normalized spacial score (nSPS) is 11.1. The molecule has 4 heteroatoms. The SMILES string of the molecule is CC(C)(C)CCCCCCCCCCCCNc1ccc(C(=O)Cl)cc1.Cl. The minimum atomic E-state index is -0.401. The molecule has 0 saturated heterocycles. The molecule has 0 unspecified atom stereocenters. The largest absolute Gasteiger partial charge is 0.385 e. The average molecular weight is 416 g/mol. The number of rotatable bonds is 14. The van der Waals surface area contributed by atoms with Gasteiger partial charge in [-0.05, 0) is 54.1 Å². The standard InChI is InChI=1S/C23H38ClNO.ClH/c1-23(2,3)18-12-10-8-6-4-5-7-9-11-13-19-25-21-16-14-20(15-17-21)22(24)26;/h14-17,25H,4-13,18-19H2,1-3H3;1H. The summed E-state index contributed by atoms with van der Waals surface area (Å²) >= 11 is 5.44. The fourth-order valence-electron chi connectivity index (χ4n) is 3.15. The fraction of sp³-hybridized carbons (Fsp3) is 0.696. The molecule has 0 heterocycles. The second kappa shape index (κ2) is 15.2. The van der Waals surface area contributed by atoms with E-state index in [2.05, 4.69) is 26.1 Å². The summed E-state index contributed by atoms with van der Waals surface area (Å²) in [6.07, 6.45) is 15.0. The Morgan fingerprint density at radius 1 is 0.815 bits per heavy atom. The lowest BCUT2D eigenvalue weighted by Crippen LogP contribution is -2.03. The van der Waals surface area contributed by atoms with Gasteiger partial charge in [-0.3, -0.25) is 4.79 Å². The second-order valence-corrected chi connectivity index (χ2v) is 8.97. The second-order valence-electron chi connectivity index (χ2n) is 8.62. The van der Waals surface area contributed by atoms with Crippen LogP contribution in [0.15, 0.2) is 24.3 Å². The van der Waals surface area contributed by atoms with E-state index in [0.29, 0.717) is 11.0 Å². The maximum absolute atomic E-state index is 11.0. The van der Waals surface area contributed by atoms with Crippen LogP contribution in [0.2, 0.25) is 0 Å². The number of anilines is 1. The van der Waals surface area contributed by atoms with Gasteiger partial charge in [0.1, 0.15) is 0 Å². The van der Waals surface area contributed by atoms with Crippen molar-refractivity contribution in [2.75, 3.05) is 11.9 Å². The first-order valence-electron chi connectivity index (χ1n) is 10.4. The highest BCUT2D eigenvalue weighted by molar-refractivity contribution is 6.67. The first kappa shape index (κ1) is 26.3. The van der Waals surface area contributed by atoms with E-state index in [-0.39, 0.29) is 12.4 Å². The van der Waals surface area contributed by atoms with Crippen LogP contribution in [0.25, 0.3) is 0 Å². The Morgan fingerprint density at radius 2 is 1.26 bits per heavy atom. The molecule has 0 saturated carbocycles. The van der Waals surface area contributed by atoms with E-state index < -0.39 is 5.24 Å². The van der Waals surface area contributed by atoms with Crippen LogP contribution in [0, 0.1) is 5.41 Å². The van der Waals surface area contributed by atoms with E-state index in [1.807, 2.05) is 12.1 Å². The zero-order valence-corrected chi connectivity index (χ0v) is 19.1. The van der Waals surface area contributed by atoms with Crippen LogP contribution < -0.4 is 5.32 Å². The van der Waals surface area contributed by atoms with Crippen LogP contribution in [0.5, 0.6) is 0 Å². The summed E-state index contributed by atoms with van der Waals surface area (Å²) in [4.78, 5) is 11.0. The predicted molar refractivity (Wildman–Crippen MR) is 123 cm³/mol. The molecule has 0 radical (unpaired) electrons. The molecule has 0 aromatic heterocycles. The highest BCUT2D eigenvalue weighted by atomic mass is 35.5. The molecule has 27 heavy (non-hydrogen) atoms. The van der Waals surface area contributed by atoms with Crippen LogP contribution in [0.3, 0.4) is 0 Å². The van der Waals surface area contributed by atoms with Crippen molar-refractivity contribution >= 4 is 34.9 Å². The number of benzene rings is 1. The summed E-state index contributed by atoms with van der Waals surface area (Å²) in [6.45, 7) is 7.99. The van der Waals surface area contributed by atoms with Crippen LogP contribution in [0.1, 0.15) is 102 Å². The molecule has 0 bridgehead atoms. The van der Waals surface area contributed by atoms with Crippen molar-refractivity contribution in [3.8, 4) is 0 Å². The molecule has 0 aliphatic carbocycles. The Kier molecular flexibility index (Phi) is 14.8. The summed E-state index contributed by atoms with van der Waals surface area (Å²) in [5.41, 5.74) is 2.10. The van der Waals surface area contributed by atoms with Crippen molar-refractivity contribution in [1.82, 2.24) is 0 Å². The van der Waals surface area contributed by atoms with E-state index in [1.54, 1.807) is 12.1 Å². The lowest BCUT2D eigenvalue weighted by molar-refractivity contribution is 0.108. The van der Waals surface area contributed by atoms with Gasteiger partial charge in [-0.2, -0.15) is 0 Å². The third-order valence-electron chi connectivity index (χ3n) is 4.79. The first-order chi connectivity index (χ1) is 12.4. The molecule has 0 fully saturated rings. The van der Waals surface area contributed by atoms with Crippen molar-refractivity contribution < 1.29 is 4.79 Å². The summed E-state index contributed by atoms with van der Waals surface area (Å²) in [5, 5.41) is 3.00. The van der Waals surface area contributed by atoms with E-state index in [0.717, 1.165) is 12.2 Å². The van der Waals surface area contributed by atoms with Gasteiger partial charge in [0.15, 0.2) is 0 Å². The third-order valence-corrected chi connectivity index (χ3v) is 5.01. The van der Waals surface area contributed by atoms with Gasteiger partial charge < -0.3 is 5.32 Å². The summed E-state index contributed by atoms with van der Waals surface area (Å²) in [5.74, 6) is 0. The quantitative estimate of drug-likeness (QED) is 0.244. The van der Waals surface area contributed by atoms with E-state index in [9.17, 15) is 4.79 Å². The summed E-state index contributed by atoms with van der Waals surface area (Å²) < 4.78 is 0. The Labute approximate surface area is 178 Å². The maximum Gasteiger partial charge on any atom is 0.252 e. The highest BCUT2D eigenvalue weighted by Crippen LogP contribution is 2.22.